The Morgan fingerprint density at radius 3 is 2.77 bits per heavy atom. The van der Waals surface area contributed by atoms with Crippen LogP contribution in [0.4, 0.5) is 0 Å². The molecule has 8 heteroatoms. The molecule has 2 aromatic rings. The Kier molecular flexibility index (Phi) is 7.49. The standard InChI is InChI=1S/C18H24ClN3O3S/c1-11(2)8-22-17(24)14-7-13(19)5-6-15(14)21-18(22)26-10-16(23)20-12(3)9-25-4/h5-7,11-12H,8-10H2,1-4H3,(H,20,23). The van der Waals surface area contributed by atoms with E-state index in [1.165, 1.54) is 11.8 Å². The van der Waals surface area contributed by atoms with Crippen molar-refractivity contribution in [2.24, 2.45) is 5.92 Å². The smallest absolute Gasteiger partial charge is 0.262 e. The number of hydrogen-bond donors (Lipinski definition) is 1. The van der Waals surface area contributed by atoms with Crippen LogP contribution < -0.4 is 10.9 Å². The highest BCUT2D eigenvalue weighted by molar-refractivity contribution is 7.99. The first-order chi connectivity index (χ1) is 12.3. The summed E-state index contributed by atoms with van der Waals surface area (Å²) in [4.78, 5) is 29.6. The van der Waals surface area contributed by atoms with Crippen LogP contribution in [0.5, 0.6) is 0 Å². The fraction of sp³-hybridized carbons (Fsp3) is 0.500. The van der Waals surface area contributed by atoms with E-state index >= 15 is 0 Å². The maximum Gasteiger partial charge on any atom is 0.262 e. The zero-order valence-electron chi connectivity index (χ0n) is 15.4. The molecule has 0 spiro atoms. The number of ether oxygens (including phenoxy) is 1. The number of aromatic nitrogens is 2. The van der Waals surface area contributed by atoms with E-state index in [2.05, 4.69) is 10.3 Å². The third-order valence-electron chi connectivity index (χ3n) is 3.59. The molecule has 0 aliphatic heterocycles. The Morgan fingerprint density at radius 1 is 1.38 bits per heavy atom. The predicted molar refractivity (Wildman–Crippen MR) is 106 cm³/mol. The highest BCUT2D eigenvalue weighted by atomic mass is 35.5. The van der Waals surface area contributed by atoms with Gasteiger partial charge >= 0.3 is 0 Å². The number of halogens is 1. The number of amides is 1. The number of methoxy groups -OCH3 is 1. The first-order valence-electron chi connectivity index (χ1n) is 8.43. The highest BCUT2D eigenvalue weighted by Crippen LogP contribution is 2.21. The number of benzene rings is 1. The second kappa shape index (κ2) is 9.39. The lowest BCUT2D eigenvalue weighted by molar-refractivity contribution is -0.119. The highest BCUT2D eigenvalue weighted by Gasteiger charge is 2.15. The van der Waals surface area contributed by atoms with Crippen molar-refractivity contribution >= 4 is 40.2 Å². The summed E-state index contributed by atoms with van der Waals surface area (Å²) in [5.74, 6) is 0.319. The molecule has 2 rings (SSSR count). The molecule has 0 bridgehead atoms. The summed E-state index contributed by atoms with van der Waals surface area (Å²) in [6.45, 7) is 6.91. The summed E-state index contributed by atoms with van der Waals surface area (Å²) < 4.78 is 6.64. The van der Waals surface area contributed by atoms with E-state index in [0.717, 1.165) is 0 Å². The van der Waals surface area contributed by atoms with Gasteiger partial charge < -0.3 is 10.1 Å². The van der Waals surface area contributed by atoms with Crippen molar-refractivity contribution in [1.82, 2.24) is 14.9 Å². The second-order valence-corrected chi connectivity index (χ2v) is 7.96. The van der Waals surface area contributed by atoms with E-state index in [4.69, 9.17) is 16.3 Å². The minimum Gasteiger partial charge on any atom is -0.383 e. The predicted octanol–water partition coefficient (Wildman–Crippen LogP) is 2.95. The van der Waals surface area contributed by atoms with Gasteiger partial charge in [-0.1, -0.05) is 37.2 Å². The molecule has 142 valence electrons. The summed E-state index contributed by atoms with van der Waals surface area (Å²) in [6, 6.07) is 4.99. The Labute approximate surface area is 162 Å². The molecule has 6 nitrogen and oxygen atoms in total. The number of fused-ring (bicyclic) bond motifs is 1. The van der Waals surface area contributed by atoms with Crippen LogP contribution in [0.3, 0.4) is 0 Å². The third-order valence-corrected chi connectivity index (χ3v) is 4.80. The molecule has 0 saturated heterocycles. The van der Waals surface area contributed by atoms with Crippen molar-refractivity contribution in [3.05, 3.63) is 33.6 Å². The van der Waals surface area contributed by atoms with Crippen molar-refractivity contribution in [2.75, 3.05) is 19.5 Å². The Morgan fingerprint density at radius 2 is 2.12 bits per heavy atom. The van der Waals surface area contributed by atoms with Gasteiger partial charge in [0.2, 0.25) is 5.91 Å². The van der Waals surface area contributed by atoms with Gasteiger partial charge in [0.15, 0.2) is 5.16 Å². The number of nitrogens with zero attached hydrogens (tertiary/aromatic N) is 2. The maximum absolute atomic E-state index is 12.9. The Balaban J connectivity index is 2.28. The van der Waals surface area contributed by atoms with Gasteiger partial charge in [-0.25, -0.2) is 4.98 Å². The van der Waals surface area contributed by atoms with Crippen molar-refractivity contribution in [3.8, 4) is 0 Å². The first kappa shape index (κ1) is 20.7. The Hall–Kier alpha value is -1.57. The summed E-state index contributed by atoms with van der Waals surface area (Å²) >= 11 is 7.28. The fourth-order valence-corrected chi connectivity index (χ4v) is 3.54. The normalized spacial score (nSPS) is 12.5. The summed E-state index contributed by atoms with van der Waals surface area (Å²) in [6.07, 6.45) is 0. The molecule has 0 radical (unpaired) electrons. The molecule has 0 aliphatic carbocycles. The minimum absolute atomic E-state index is 0.0716. The molecule has 1 aromatic heterocycles. The molecule has 0 fully saturated rings. The SMILES string of the molecule is COCC(C)NC(=O)CSc1nc2ccc(Cl)cc2c(=O)n1CC(C)C. The molecule has 1 heterocycles. The largest absolute Gasteiger partial charge is 0.383 e. The van der Waals surface area contributed by atoms with Crippen molar-refractivity contribution in [2.45, 2.75) is 38.5 Å². The van der Waals surface area contributed by atoms with E-state index in [-0.39, 0.29) is 29.2 Å². The van der Waals surface area contributed by atoms with Crippen LogP contribution in [0.25, 0.3) is 10.9 Å². The number of carbonyl (C=O) groups is 1. The van der Waals surface area contributed by atoms with Gasteiger partial charge in [-0.15, -0.1) is 0 Å². The van der Waals surface area contributed by atoms with Crippen LogP contribution >= 0.6 is 23.4 Å². The van der Waals surface area contributed by atoms with Gasteiger partial charge in [-0.3, -0.25) is 14.2 Å². The Bertz CT molecular complexity index is 838. The number of hydrogen-bond acceptors (Lipinski definition) is 5. The van der Waals surface area contributed by atoms with Crippen LogP contribution in [0, 0.1) is 5.92 Å². The lowest BCUT2D eigenvalue weighted by Crippen LogP contribution is -2.37. The third kappa shape index (κ3) is 5.46. The zero-order chi connectivity index (χ0) is 19.3. The van der Waals surface area contributed by atoms with Crippen LogP contribution in [-0.2, 0) is 16.1 Å². The summed E-state index contributed by atoms with van der Waals surface area (Å²) in [5.41, 5.74) is 0.442. The van der Waals surface area contributed by atoms with Crippen molar-refractivity contribution in [3.63, 3.8) is 0 Å². The van der Waals surface area contributed by atoms with Gasteiger partial charge in [0.1, 0.15) is 0 Å². The molecule has 1 unspecified atom stereocenters. The molecular weight excluding hydrogens is 374 g/mol. The summed E-state index contributed by atoms with van der Waals surface area (Å²) in [5, 5.41) is 4.37. The lowest BCUT2D eigenvalue weighted by Gasteiger charge is -2.16. The van der Waals surface area contributed by atoms with Crippen LogP contribution in [-0.4, -0.2) is 41.0 Å². The minimum atomic E-state index is -0.137. The molecule has 1 amide bonds. The van der Waals surface area contributed by atoms with Gasteiger partial charge in [0.05, 0.1) is 23.3 Å². The van der Waals surface area contributed by atoms with Crippen molar-refractivity contribution < 1.29 is 9.53 Å². The number of rotatable bonds is 8. The van der Waals surface area contributed by atoms with Gasteiger partial charge in [0.25, 0.3) is 5.56 Å². The van der Waals surface area contributed by atoms with E-state index < -0.39 is 0 Å². The molecule has 0 saturated carbocycles. The molecule has 1 atom stereocenters. The monoisotopic (exact) mass is 397 g/mol. The number of carbonyl (C=O) groups excluding carboxylic acids is 1. The van der Waals surface area contributed by atoms with Crippen LogP contribution in [0.2, 0.25) is 5.02 Å². The van der Waals surface area contributed by atoms with E-state index in [9.17, 15) is 9.59 Å². The molecule has 1 N–H and O–H groups in total. The lowest BCUT2D eigenvalue weighted by atomic mass is 10.2. The number of nitrogens with one attached hydrogen (secondary N) is 1. The fourth-order valence-electron chi connectivity index (χ4n) is 2.55. The van der Waals surface area contributed by atoms with E-state index in [0.29, 0.717) is 34.2 Å². The van der Waals surface area contributed by atoms with Gasteiger partial charge in [0, 0.05) is 24.7 Å². The number of thioether (sulfide) groups is 1. The van der Waals surface area contributed by atoms with Gasteiger partial charge in [-0.05, 0) is 31.0 Å². The topological polar surface area (TPSA) is 73.2 Å². The molecule has 26 heavy (non-hydrogen) atoms. The zero-order valence-corrected chi connectivity index (χ0v) is 17.0. The summed E-state index contributed by atoms with van der Waals surface area (Å²) in [7, 11) is 1.59. The second-order valence-electron chi connectivity index (χ2n) is 6.58. The molecule has 1 aromatic carbocycles. The average molecular weight is 398 g/mol. The van der Waals surface area contributed by atoms with Crippen LogP contribution in [0.15, 0.2) is 28.2 Å². The van der Waals surface area contributed by atoms with Gasteiger partial charge in [-0.2, -0.15) is 0 Å². The quantitative estimate of drug-likeness (QED) is 0.547. The molecular formula is C18H24ClN3O3S. The average Bonchev–Trinajstić information content (AvgIpc) is 2.56. The first-order valence-corrected chi connectivity index (χ1v) is 9.79. The van der Waals surface area contributed by atoms with E-state index in [1.54, 1.807) is 29.9 Å². The van der Waals surface area contributed by atoms with Crippen molar-refractivity contribution in [1.29, 1.82) is 0 Å². The molecule has 0 aliphatic rings. The maximum atomic E-state index is 12.9. The van der Waals surface area contributed by atoms with E-state index in [1.807, 2.05) is 20.8 Å². The van der Waals surface area contributed by atoms with Crippen LogP contribution in [0.1, 0.15) is 20.8 Å².